The zero-order valence-electron chi connectivity index (χ0n) is 25.3. The largest absolute Gasteiger partial charge is 0.454 e. The van der Waals surface area contributed by atoms with Crippen molar-refractivity contribution in [3.05, 3.63) is 140 Å². The van der Waals surface area contributed by atoms with Crippen LogP contribution in [0.1, 0.15) is 0 Å². The summed E-state index contributed by atoms with van der Waals surface area (Å²) in [6.45, 7) is 0. The van der Waals surface area contributed by atoms with Crippen LogP contribution in [0.2, 0.25) is 0 Å². The predicted molar refractivity (Wildman–Crippen MR) is 189 cm³/mol. The van der Waals surface area contributed by atoms with E-state index in [1.807, 2.05) is 79.0 Å². The van der Waals surface area contributed by atoms with Gasteiger partial charge in [0.05, 0.1) is 12.4 Å². The van der Waals surface area contributed by atoms with Gasteiger partial charge in [0, 0.05) is 50.6 Å². The topological polar surface area (TPSA) is 90.7 Å². The molecule has 0 spiro atoms. The summed E-state index contributed by atoms with van der Waals surface area (Å²) < 4.78 is 12.3. The zero-order chi connectivity index (χ0) is 31.6. The summed E-state index contributed by atoms with van der Waals surface area (Å²) in [7, 11) is 0. The molecular formula is C41H23N5O2. The first-order valence-corrected chi connectivity index (χ1v) is 15.6. The summed E-state index contributed by atoms with van der Waals surface area (Å²) in [6.07, 6.45) is 7.10. The normalized spacial score (nSPS) is 11.8. The maximum absolute atomic E-state index is 6.18. The Labute approximate surface area is 273 Å². The lowest BCUT2D eigenvalue weighted by molar-refractivity contribution is 0.666. The monoisotopic (exact) mass is 617 g/mol. The lowest BCUT2D eigenvalue weighted by atomic mass is 9.92. The molecule has 0 unspecified atom stereocenters. The summed E-state index contributed by atoms with van der Waals surface area (Å²) in [4.78, 5) is 23.8. The number of nitrogens with zero attached hydrogens (tertiary/aromatic N) is 5. The smallest absolute Gasteiger partial charge is 0.164 e. The van der Waals surface area contributed by atoms with Crippen molar-refractivity contribution in [2.45, 2.75) is 0 Å². The molecule has 5 aromatic heterocycles. The number of aromatic nitrogens is 5. The third kappa shape index (κ3) is 4.04. The second kappa shape index (κ2) is 10.4. The fourth-order valence-electron chi connectivity index (χ4n) is 6.83. The molecule has 224 valence electrons. The first-order valence-electron chi connectivity index (χ1n) is 15.6. The molecular weight excluding hydrogens is 594 g/mol. The lowest BCUT2D eigenvalue weighted by Crippen LogP contribution is -2.01. The number of hydrogen-bond acceptors (Lipinski definition) is 7. The van der Waals surface area contributed by atoms with Crippen LogP contribution in [0.25, 0.3) is 99.9 Å². The molecule has 0 bridgehead atoms. The van der Waals surface area contributed by atoms with Crippen molar-refractivity contribution in [3.8, 4) is 45.3 Å². The summed E-state index contributed by atoms with van der Waals surface area (Å²) in [5.41, 5.74) is 7.95. The minimum atomic E-state index is 0.570. The number of furan rings is 2. The van der Waals surface area contributed by atoms with Crippen molar-refractivity contribution in [1.82, 2.24) is 24.9 Å². The van der Waals surface area contributed by atoms with Crippen LogP contribution >= 0.6 is 0 Å². The molecule has 7 nitrogen and oxygen atoms in total. The first kappa shape index (κ1) is 26.5. The zero-order valence-corrected chi connectivity index (χ0v) is 25.3. The Kier molecular flexibility index (Phi) is 5.74. The molecule has 10 rings (SSSR count). The highest BCUT2D eigenvalue weighted by atomic mass is 16.3. The van der Waals surface area contributed by atoms with Gasteiger partial charge in [-0.05, 0) is 52.2 Å². The molecule has 7 heteroatoms. The standard InChI is InChI=1S/C41H23N5O2/c1-2-8-24(9-3-1)39-44-40(46-41(45-39)32-13-7-15-34-38(32)31-19-21-43-23-36(31)48-34)29-17-16-27(25-10-4-5-11-26(25)29)28-12-6-14-33-37(28)30-18-20-42-22-35(30)47-33/h1-23H. The lowest BCUT2D eigenvalue weighted by Gasteiger charge is -2.14. The molecule has 5 aromatic carbocycles. The molecule has 48 heavy (non-hydrogen) atoms. The number of benzene rings is 5. The van der Waals surface area contributed by atoms with Crippen molar-refractivity contribution >= 4 is 54.6 Å². The van der Waals surface area contributed by atoms with E-state index in [0.29, 0.717) is 17.5 Å². The molecule has 0 aliphatic carbocycles. The molecule has 0 radical (unpaired) electrons. The molecule has 0 aliphatic rings. The highest BCUT2D eigenvalue weighted by Gasteiger charge is 2.20. The van der Waals surface area contributed by atoms with Crippen LogP contribution in [0, 0.1) is 0 Å². The van der Waals surface area contributed by atoms with Gasteiger partial charge in [-0.15, -0.1) is 0 Å². The van der Waals surface area contributed by atoms with Crippen LogP contribution in [-0.4, -0.2) is 24.9 Å². The highest BCUT2D eigenvalue weighted by Crippen LogP contribution is 2.42. The SMILES string of the molecule is c1ccc(-c2nc(-c3ccc(-c4cccc5oc6cnccc6c45)c4ccccc34)nc(-c3cccc4oc5cnccc5c34)n2)cc1. The number of hydrogen-bond donors (Lipinski definition) is 0. The third-order valence-corrected chi connectivity index (χ3v) is 8.96. The Morgan fingerprint density at radius 3 is 1.58 bits per heavy atom. The van der Waals surface area contributed by atoms with Crippen molar-refractivity contribution in [1.29, 1.82) is 0 Å². The van der Waals surface area contributed by atoms with E-state index in [1.165, 1.54) is 0 Å². The van der Waals surface area contributed by atoms with Crippen LogP contribution in [0.5, 0.6) is 0 Å². The Balaban J connectivity index is 1.23. The number of fused-ring (bicyclic) bond motifs is 7. The minimum absolute atomic E-state index is 0.570. The summed E-state index contributed by atoms with van der Waals surface area (Å²) in [5, 5.41) is 6.14. The van der Waals surface area contributed by atoms with Crippen LogP contribution in [0.3, 0.4) is 0 Å². The fourth-order valence-corrected chi connectivity index (χ4v) is 6.83. The molecule has 0 saturated carbocycles. The van der Waals surface area contributed by atoms with E-state index in [2.05, 4.69) is 52.4 Å². The molecule has 0 atom stereocenters. The fraction of sp³-hybridized carbons (Fsp3) is 0. The van der Waals surface area contributed by atoms with Gasteiger partial charge in [-0.3, -0.25) is 9.97 Å². The third-order valence-electron chi connectivity index (χ3n) is 8.96. The van der Waals surface area contributed by atoms with E-state index in [0.717, 1.165) is 82.5 Å². The van der Waals surface area contributed by atoms with Gasteiger partial charge in [0.15, 0.2) is 28.6 Å². The molecule has 0 fully saturated rings. The predicted octanol–water partition coefficient (Wildman–Crippen LogP) is 10.3. The van der Waals surface area contributed by atoms with E-state index < -0.39 is 0 Å². The van der Waals surface area contributed by atoms with Crippen molar-refractivity contribution in [2.24, 2.45) is 0 Å². The average molecular weight is 618 g/mol. The van der Waals surface area contributed by atoms with E-state index in [1.54, 1.807) is 18.6 Å². The van der Waals surface area contributed by atoms with Gasteiger partial charge in [-0.25, -0.2) is 15.0 Å². The summed E-state index contributed by atoms with van der Waals surface area (Å²) in [5.74, 6) is 1.75. The van der Waals surface area contributed by atoms with Crippen LogP contribution in [0.15, 0.2) is 149 Å². The average Bonchev–Trinajstić information content (AvgIpc) is 3.73. The maximum Gasteiger partial charge on any atom is 0.164 e. The number of rotatable bonds is 4. The second-order valence-corrected chi connectivity index (χ2v) is 11.7. The van der Waals surface area contributed by atoms with Gasteiger partial charge in [0.2, 0.25) is 0 Å². The van der Waals surface area contributed by atoms with Crippen LogP contribution in [-0.2, 0) is 0 Å². The molecule has 0 aliphatic heterocycles. The van der Waals surface area contributed by atoms with Gasteiger partial charge >= 0.3 is 0 Å². The van der Waals surface area contributed by atoms with Crippen molar-refractivity contribution in [2.75, 3.05) is 0 Å². The Morgan fingerprint density at radius 1 is 0.354 bits per heavy atom. The molecule has 0 saturated heterocycles. The van der Waals surface area contributed by atoms with E-state index in [9.17, 15) is 0 Å². The quantitative estimate of drug-likeness (QED) is 0.194. The Morgan fingerprint density at radius 2 is 0.896 bits per heavy atom. The summed E-state index contributed by atoms with van der Waals surface area (Å²) in [6, 6.07) is 38.9. The van der Waals surface area contributed by atoms with Crippen LogP contribution in [0.4, 0.5) is 0 Å². The minimum Gasteiger partial charge on any atom is -0.454 e. The molecule has 5 heterocycles. The second-order valence-electron chi connectivity index (χ2n) is 11.7. The number of pyridine rings is 2. The van der Waals surface area contributed by atoms with Gasteiger partial charge in [-0.2, -0.15) is 0 Å². The molecule has 0 N–H and O–H groups in total. The van der Waals surface area contributed by atoms with Crippen molar-refractivity contribution in [3.63, 3.8) is 0 Å². The van der Waals surface area contributed by atoms with Gasteiger partial charge in [-0.1, -0.05) is 84.9 Å². The first-order chi connectivity index (χ1) is 23.8. The highest BCUT2D eigenvalue weighted by molar-refractivity contribution is 6.16. The van der Waals surface area contributed by atoms with Gasteiger partial charge in [0.1, 0.15) is 11.2 Å². The molecule has 0 amide bonds. The summed E-state index contributed by atoms with van der Waals surface area (Å²) >= 11 is 0. The van der Waals surface area contributed by atoms with Gasteiger partial charge in [0.25, 0.3) is 0 Å². The van der Waals surface area contributed by atoms with E-state index in [-0.39, 0.29) is 0 Å². The van der Waals surface area contributed by atoms with Crippen LogP contribution < -0.4 is 0 Å². The van der Waals surface area contributed by atoms with Gasteiger partial charge < -0.3 is 8.83 Å². The molecule has 10 aromatic rings. The van der Waals surface area contributed by atoms with Crippen molar-refractivity contribution < 1.29 is 8.83 Å². The Bertz CT molecular complexity index is 2860. The van der Waals surface area contributed by atoms with E-state index >= 15 is 0 Å². The van der Waals surface area contributed by atoms with E-state index in [4.69, 9.17) is 23.8 Å². The maximum atomic E-state index is 6.18. The Hall–Kier alpha value is -6.73.